The van der Waals surface area contributed by atoms with Gasteiger partial charge < -0.3 is 14.0 Å². The fraction of sp³-hybridized carbons (Fsp3) is 0.364. The van der Waals surface area contributed by atoms with Crippen LogP contribution in [0, 0.1) is 5.82 Å². The van der Waals surface area contributed by atoms with Gasteiger partial charge in [0, 0.05) is 20.4 Å². The van der Waals surface area contributed by atoms with Crippen LogP contribution in [-0.4, -0.2) is 36.0 Å². The molecule has 0 fully saturated rings. The normalized spacial score (nSPS) is 12.6. The van der Waals surface area contributed by atoms with Gasteiger partial charge in [-0.1, -0.05) is 5.16 Å². The van der Waals surface area contributed by atoms with Crippen LogP contribution in [0.3, 0.4) is 0 Å². The first-order chi connectivity index (χ1) is 8.76. The maximum Gasteiger partial charge on any atom is 0.279 e. The van der Waals surface area contributed by atoms with Crippen molar-refractivity contribution in [3.05, 3.63) is 30.0 Å². The summed E-state index contributed by atoms with van der Waals surface area (Å²) >= 11 is 0. The second kappa shape index (κ2) is 5.65. The van der Waals surface area contributed by atoms with E-state index in [-0.39, 0.29) is 18.2 Å². The molecule has 0 aromatic carbocycles. The first kappa shape index (κ1) is 12.6. The van der Waals surface area contributed by atoms with Crippen LogP contribution < -0.4 is 0 Å². The lowest BCUT2D eigenvalue weighted by Crippen LogP contribution is -2.10. The molecular weight excluding hydrogens is 241 g/mol. The van der Waals surface area contributed by atoms with E-state index < -0.39 is 11.9 Å². The average molecular weight is 253 g/mol. The van der Waals surface area contributed by atoms with Gasteiger partial charge in [-0.15, -0.1) is 0 Å². The number of nitrogens with zero attached hydrogens (tertiary/aromatic N) is 3. The van der Waals surface area contributed by atoms with Gasteiger partial charge >= 0.3 is 0 Å². The van der Waals surface area contributed by atoms with E-state index in [9.17, 15) is 4.39 Å². The molecule has 2 aromatic rings. The molecule has 0 aliphatic carbocycles. The second-order valence-electron chi connectivity index (χ2n) is 3.47. The molecule has 7 heteroatoms. The average Bonchev–Trinajstić information content (AvgIpc) is 2.85. The van der Waals surface area contributed by atoms with Crippen LogP contribution in [0.25, 0.3) is 11.6 Å². The fourth-order valence-corrected chi connectivity index (χ4v) is 1.40. The van der Waals surface area contributed by atoms with Crippen molar-refractivity contribution in [2.45, 2.75) is 6.10 Å². The SMILES string of the molecule is COCC(OC)c1noc(-c2ncccc2F)n1. The second-order valence-corrected chi connectivity index (χ2v) is 3.47. The highest BCUT2D eigenvalue weighted by Crippen LogP contribution is 2.21. The van der Waals surface area contributed by atoms with E-state index in [1.165, 1.54) is 32.5 Å². The third kappa shape index (κ3) is 2.52. The van der Waals surface area contributed by atoms with Crippen molar-refractivity contribution in [1.29, 1.82) is 0 Å². The number of ether oxygens (including phenoxy) is 2. The molecular formula is C11H12FN3O3. The van der Waals surface area contributed by atoms with Crippen LogP contribution in [0.5, 0.6) is 0 Å². The van der Waals surface area contributed by atoms with Crippen molar-refractivity contribution in [1.82, 2.24) is 15.1 Å². The van der Waals surface area contributed by atoms with Gasteiger partial charge in [-0.3, -0.25) is 0 Å². The maximum atomic E-state index is 13.5. The summed E-state index contributed by atoms with van der Waals surface area (Å²) < 4.78 is 28.5. The molecule has 6 nitrogen and oxygen atoms in total. The van der Waals surface area contributed by atoms with E-state index in [0.29, 0.717) is 5.82 Å². The van der Waals surface area contributed by atoms with Crippen LogP contribution in [0.15, 0.2) is 22.9 Å². The Hall–Kier alpha value is -1.86. The highest BCUT2D eigenvalue weighted by atomic mass is 19.1. The topological polar surface area (TPSA) is 70.3 Å². The molecule has 1 unspecified atom stereocenters. The van der Waals surface area contributed by atoms with E-state index in [2.05, 4.69) is 15.1 Å². The third-order valence-corrected chi connectivity index (χ3v) is 2.29. The summed E-state index contributed by atoms with van der Waals surface area (Å²) in [6.07, 6.45) is 0.991. The number of halogens is 1. The Morgan fingerprint density at radius 2 is 2.28 bits per heavy atom. The van der Waals surface area contributed by atoms with E-state index in [1.807, 2.05) is 0 Å². The zero-order valence-electron chi connectivity index (χ0n) is 9.96. The van der Waals surface area contributed by atoms with Crippen molar-refractivity contribution in [2.75, 3.05) is 20.8 Å². The van der Waals surface area contributed by atoms with E-state index in [0.717, 1.165) is 0 Å². The third-order valence-electron chi connectivity index (χ3n) is 2.29. The highest BCUT2D eigenvalue weighted by molar-refractivity contribution is 5.46. The molecule has 0 radical (unpaired) electrons. The van der Waals surface area contributed by atoms with Gasteiger partial charge in [0.25, 0.3) is 5.89 Å². The first-order valence-corrected chi connectivity index (χ1v) is 5.22. The summed E-state index contributed by atoms with van der Waals surface area (Å²) in [5.74, 6) is -0.214. The Kier molecular flexibility index (Phi) is 3.96. The van der Waals surface area contributed by atoms with E-state index in [1.54, 1.807) is 0 Å². The quantitative estimate of drug-likeness (QED) is 0.806. The molecule has 0 N–H and O–H groups in total. The lowest BCUT2D eigenvalue weighted by atomic mass is 10.3. The number of hydrogen-bond donors (Lipinski definition) is 0. The molecule has 0 amide bonds. The Balaban J connectivity index is 2.28. The highest BCUT2D eigenvalue weighted by Gasteiger charge is 2.20. The molecule has 0 aliphatic rings. The predicted octanol–water partition coefficient (Wildman–Crippen LogP) is 1.60. The van der Waals surface area contributed by atoms with E-state index in [4.69, 9.17) is 14.0 Å². The Morgan fingerprint density at radius 3 is 2.94 bits per heavy atom. The molecule has 2 heterocycles. The zero-order valence-corrected chi connectivity index (χ0v) is 9.96. The maximum absolute atomic E-state index is 13.5. The molecule has 2 rings (SSSR count). The van der Waals surface area contributed by atoms with Crippen LogP contribution in [0.1, 0.15) is 11.9 Å². The molecule has 96 valence electrons. The van der Waals surface area contributed by atoms with Crippen molar-refractivity contribution < 1.29 is 18.4 Å². The standard InChI is InChI=1S/C11H12FN3O3/c1-16-6-8(17-2)10-14-11(18-15-10)9-7(12)4-3-5-13-9/h3-5,8H,6H2,1-2H3. The number of aromatic nitrogens is 3. The lowest BCUT2D eigenvalue weighted by molar-refractivity contribution is 0.0209. The van der Waals surface area contributed by atoms with Crippen LogP contribution in [0.2, 0.25) is 0 Å². The summed E-state index contributed by atoms with van der Waals surface area (Å²) in [6, 6.07) is 2.76. The summed E-state index contributed by atoms with van der Waals surface area (Å²) in [7, 11) is 3.03. The number of rotatable bonds is 5. The van der Waals surface area contributed by atoms with Gasteiger partial charge in [0.2, 0.25) is 5.82 Å². The fourth-order valence-electron chi connectivity index (χ4n) is 1.40. The van der Waals surface area contributed by atoms with Crippen LogP contribution in [0.4, 0.5) is 4.39 Å². The van der Waals surface area contributed by atoms with Gasteiger partial charge in [0.15, 0.2) is 11.5 Å². The van der Waals surface area contributed by atoms with Gasteiger partial charge in [-0.05, 0) is 12.1 Å². The van der Waals surface area contributed by atoms with Crippen LogP contribution >= 0.6 is 0 Å². The minimum Gasteiger partial charge on any atom is -0.381 e. The van der Waals surface area contributed by atoms with Gasteiger partial charge in [0.05, 0.1) is 6.61 Å². The predicted molar refractivity (Wildman–Crippen MR) is 59.1 cm³/mol. The molecule has 0 aliphatic heterocycles. The van der Waals surface area contributed by atoms with Crippen molar-refractivity contribution >= 4 is 0 Å². The minimum atomic E-state index is -0.520. The number of pyridine rings is 1. The molecule has 0 bridgehead atoms. The molecule has 0 saturated carbocycles. The smallest absolute Gasteiger partial charge is 0.279 e. The molecule has 18 heavy (non-hydrogen) atoms. The monoisotopic (exact) mass is 253 g/mol. The van der Waals surface area contributed by atoms with Gasteiger partial charge in [0.1, 0.15) is 6.10 Å². The Morgan fingerprint density at radius 1 is 1.44 bits per heavy atom. The molecule has 0 spiro atoms. The largest absolute Gasteiger partial charge is 0.381 e. The number of hydrogen-bond acceptors (Lipinski definition) is 6. The van der Waals surface area contributed by atoms with Crippen LogP contribution in [-0.2, 0) is 9.47 Å². The molecule has 1 atom stereocenters. The molecule has 2 aromatic heterocycles. The van der Waals surface area contributed by atoms with Crippen molar-refractivity contribution in [3.8, 4) is 11.6 Å². The summed E-state index contributed by atoms with van der Waals surface area (Å²) in [5, 5.41) is 3.73. The van der Waals surface area contributed by atoms with Crippen molar-refractivity contribution in [2.24, 2.45) is 0 Å². The summed E-state index contributed by atoms with van der Waals surface area (Å²) in [5.41, 5.74) is 0.0171. The van der Waals surface area contributed by atoms with Gasteiger partial charge in [-0.2, -0.15) is 4.98 Å². The summed E-state index contributed by atoms with van der Waals surface area (Å²) in [6.45, 7) is 0.278. The zero-order chi connectivity index (χ0) is 13.0. The first-order valence-electron chi connectivity index (χ1n) is 5.22. The minimum absolute atomic E-state index is 0.0150. The van der Waals surface area contributed by atoms with E-state index >= 15 is 0 Å². The Bertz CT molecular complexity index is 518. The molecule has 0 saturated heterocycles. The Labute approximate surface area is 103 Å². The number of methoxy groups -OCH3 is 2. The van der Waals surface area contributed by atoms with Crippen molar-refractivity contribution in [3.63, 3.8) is 0 Å². The van der Waals surface area contributed by atoms with Gasteiger partial charge in [-0.25, -0.2) is 9.37 Å². The lowest BCUT2D eigenvalue weighted by Gasteiger charge is -2.08. The summed E-state index contributed by atoms with van der Waals surface area (Å²) in [4.78, 5) is 7.90.